The van der Waals surface area contributed by atoms with E-state index in [0.29, 0.717) is 23.0 Å². The molecule has 0 aliphatic rings. The monoisotopic (exact) mass is 209 g/mol. The third-order valence-electron chi connectivity index (χ3n) is 1.05. The van der Waals surface area contributed by atoms with Crippen molar-refractivity contribution in [3.8, 4) is 0 Å². The third-order valence-corrected chi connectivity index (χ3v) is 4.07. The highest BCUT2D eigenvalue weighted by molar-refractivity contribution is 6.65. The normalized spacial score (nSPS) is 10.9. The van der Waals surface area contributed by atoms with E-state index in [1.54, 1.807) is 0 Å². The summed E-state index contributed by atoms with van der Waals surface area (Å²) in [7, 11) is 0.140. The molecule has 3 radical (unpaired) electrons. The van der Waals surface area contributed by atoms with Crippen molar-refractivity contribution in [3.63, 3.8) is 0 Å². The van der Waals surface area contributed by atoms with E-state index in [-0.39, 0.29) is 0 Å². The van der Waals surface area contributed by atoms with Crippen molar-refractivity contribution in [2.75, 3.05) is 24.9 Å². The molecule has 0 atom stereocenters. The Morgan fingerprint density at radius 2 is 2.18 bits per heavy atom. The van der Waals surface area contributed by atoms with Gasteiger partial charge in [0.25, 0.3) is 0 Å². The summed E-state index contributed by atoms with van der Waals surface area (Å²) in [6.45, 7) is 5.60. The van der Waals surface area contributed by atoms with E-state index >= 15 is 0 Å². The lowest BCUT2D eigenvalue weighted by Gasteiger charge is -2.06. The highest BCUT2D eigenvalue weighted by Crippen LogP contribution is 1.87. The maximum atomic E-state index is 5.63. The summed E-state index contributed by atoms with van der Waals surface area (Å²) in [5, 5.41) is 0. The van der Waals surface area contributed by atoms with Crippen LogP contribution in [0.2, 0.25) is 13.1 Å². The molecule has 0 saturated heterocycles. The van der Waals surface area contributed by atoms with Gasteiger partial charge in [0.05, 0.1) is 22.0 Å². The predicted octanol–water partition coefficient (Wildman–Crippen LogP) is 1.13. The molecule has 0 aromatic heterocycles. The first-order chi connectivity index (χ1) is 5.31. The van der Waals surface area contributed by atoms with Crippen LogP contribution < -0.4 is 0 Å². The van der Waals surface area contributed by atoms with Crippen LogP contribution in [0.15, 0.2) is 0 Å². The minimum atomic E-state index is -0.426. The summed E-state index contributed by atoms with van der Waals surface area (Å²) in [6.07, 6.45) is 0.838. The van der Waals surface area contributed by atoms with E-state index in [1.165, 1.54) is 0 Å². The van der Waals surface area contributed by atoms with Gasteiger partial charge in [-0.15, -0.1) is 11.6 Å². The van der Waals surface area contributed by atoms with Crippen LogP contribution in [0.5, 0.6) is 0 Å². The lowest BCUT2D eigenvalue weighted by Crippen LogP contribution is -2.20. The zero-order valence-corrected chi connectivity index (χ0v) is 9.78. The van der Waals surface area contributed by atoms with Gasteiger partial charge in [-0.1, -0.05) is 6.55 Å². The summed E-state index contributed by atoms with van der Waals surface area (Å²) in [5.41, 5.74) is 0.765. The number of alkyl halides is 1. The molecule has 11 heavy (non-hydrogen) atoms. The van der Waals surface area contributed by atoms with Gasteiger partial charge in [-0.3, -0.25) is 0 Å². The molecule has 2 nitrogen and oxygen atoms in total. The fourth-order valence-corrected chi connectivity index (χ4v) is 1.58. The quantitative estimate of drug-likeness (QED) is 0.356. The van der Waals surface area contributed by atoms with Crippen molar-refractivity contribution in [3.05, 3.63) is 0 Å². The standard InChI is InChI=1S/C6H14ClO2Si2/c1-10-9-4-3-8-6-11(2)5-7/h3-6H2,1-2H3. The van der Waals surface area contributed by atoms with E-state index in [9.17, 15) is 0 Å². The Morgan fingerprint density at radius 3 is 2.73 bits per heavy atom. The minimum Gasteiger partial charge on any atom is -0.415 e. The summed E-state index contributed by atoms with van der Waals surface area (Å²) in [6, 6.07) is 0. The molecule has 0 N–H and O–H groups in total. The zero-order chi connectivity index (χ0) is 8.53. The highest BCUT2D eigenvalue weighted by atomic mass is 35.5. The molecule has 5 heteroatoms. The van der Waals surface area contributed by atoms with Gasteiger partial charge >= 0.3 is 0 Å². The number of ether oxygens (including phenoxy) is 1. The third kappa shape index (κ3) is 8.55. The molecule has 0 heterocycles. The average Bonchev–Trinajstić information content (AvgIpc) is 2.04. The molecular weight excluding hydrogens is 196 g/mol. The van der Waals surface area contributed by atoms with Crippen molar-refractivity contribution < 1.29 is 9.16 Å². The Morgan fingerprint density at radius 1 is 1.45 bits per heavy atom. The van der Waals surface area contributed by atoms with Crippen molar-refractivity contribution in [1.82, 2.24) is 0 Å². The van der Waals surface area contributed by atoms with E-state index in [4.69, 9.17) is 20.8 Å². The molecule has 0 unspecified atom stereocenters. The summed E-state index contributed by atoms with van der Waals surface area (Å²) >= 11 is 5.63. The fourth-order valence-electron chi connectivity index (χ4n) is 0.488. The Kier molecular flexibility index (Phi) is 9.25. The maximum absolute atomic E-state index is 5.63. The second-order valence-electron chi connectivity index (χ2n) is 2.20. The first kappa shape index (κ1) is 11.6. The van der Waals surface area contributed by atoms with Crippen molar-refractivity contribution in [2.24, 2.45) is 0 Å². The van der Waals surface area contributed by atoms with Gasteiger partial charge in [0, 0.05) is 11.7 Å². The first-order valence-corrected chi connectivity index (χ1v) is 7.90. The van der Waals surface area contributed by atoms with Gasteiger partial charge in [-0.25, -0.2) is 0 Å². The summed E-state index contributed by atoms with van der Waals surface area (Å²) < 4.78 is 10.5. The van der Waals surface area contributed by atoms with Crippen LogP contribution in [-0.2, 0) is 9.16 Å². The van der Waals surface area contributed by atoms with Gasteiger partial charge in [0.1, 0.15) is 0 Å². The molecule has 0 saturated carbocycles. The number of rotatable bonds is 7. The molecule has 0 amide bonds. The molecule has 0 aromatic carbocycles. The fraction of sp³-hybridized carbons (Fsp3) is 1.00. The molecule has 0 aliphatic heterocycles. The van der Waals surface area contributed by atoms with E-state index in [2.05, 4.69) is 6.55 Å². The smallest absolute Gasteiger partial charge is 0.226 e. The van der Waals surface area contributed by atoms with E-state index < -0.39 is 8.80 Å². The Hall–Kier alpha value is 0.644. The maximum Gasteiger partial charge on any atom is 0.226 e. The largest absolute Gasteiger partial charge is 0.415 e. The Balaban J connectivity index is 2.89. The molecule has 0 bridgehead atoms. The van der Waals surface area contributed by atoms with Crippen LogP contribution >= 0.6 is 11.6 Å². The predicted molar refractivity (Wildman–Crippen MR) is 50.7 cm³/mol. The zero-order valence-electron chi connectivity index (χ0n) is 7.02. The SMILES string of the molecule is C[Si]OCCOC[Si](C)CCl. The van der Waals surface area contributed by atoms with Gasteiger partial charge in [-0.2, -0.15) is 0 Å². The number of hydrogen-bond acceptors (Lipinski definition) is 2. The van der Waals surface area contributed by atoms with Gasteiger partial charge in [0.15, 0.2) is 0 Å². The molecule has 0 rings (SSSR count). The Bertz CT molecular complexity index is 85.0. The first-order valence-electron chi connectivity index (χ1n) is 3.54. The van der Waals surface area contributed by atoms with Crippen molar-refractivity contribution in [1.29, 1.82) is 0 Å². The molecule has 65 valence electrons. The topological polar surface area (TPSA) is 18.5 Å². The molecule has 0 aromatic rings. The molecule has 0 spiro atoms. The minimum absolute atomic E-state index is 0.426. The van der Waals surface area contributed by atoms with Crippen LogP contribution in [0, 0.1) is 0 Å². The summed E-state index contributed by atoms with van der Waals surface area (Å²) in [5.74, 6) is 0. The second kappa shape index (κ2) is 8.74. The highest BCUT2D eigenvalue weighted by Gasteiger charge is 2.01. The average molecular weight is 210 g/mol. The lowest BCUT2D eigenvalue weighted by molar-refractivity contribution is 0.133. The summed E-state index contributed by atoms with van der Waals surface area (Å²) in [4.78, 5) is 0. The van der Waals surface area contributed by atoms with Crippen molar-refractivity contribution >= 4 is 30.2 Å². The molecule has 0 aliphatic carbocycles. The van der Waals surface area contributed by atoms with Crippen LogP contribution in [0.4, 0.5) is 0 Å². The van der Waals surface area contributed by atoms with Crippen LogP contribution in [0.1, 0.15) is 0 Å². The van der Waals surface area contributed by atoms with Crippen LogP contribution in [-0.4, -0.2) is 43.5 Å². The van der Waals surface area contributed by atoms with Crippen molar-refractivity contribution in [2.45, 2.75) is 13.1 Å². The van der Waals surface area contributed by atoms with Crippen LogP contribution in [0.25, 0.3) is 0 Å². The van der Waals surface area contributed by atoms with Gasteiger partial charge in [0.2, 0.25) is 9.76 Å². The Labute approximate surface area is 77.8 Å². The molecule has 0 fully saturated rings. The van der Waals surface area contributed by atoms with E-state index in [0.717, 1.165) is 11.7 Å². The number of halogens is 1. The van der Waals surface area contributed by atoms with E-state index in [1.807, 2.05) is 6.55 Å². The number of hydrogen-bond donors (Lipinski definition) is 0. The van der Waals surface area contributed by atoms with Crippen LogP contribution in [0.3, 0.4) is 0 Å². The molecular formula is C6H14ClO2Si2. The van der Waals surface area contributed by atoms with Gasteiger partial charge < -0.3 is 9.16 Å². The second-order valence-corrected chi connectivity index (χ2v) is 6.16. The lowest BCUT2D eigenvalue weighted by atomic mass is 10.8. The van der Waals surface area contributed by atoms with Gasteiger partial charge in [-0.05, 0) is 6.55 Å².